The Bertz CT molecular complexity index is 501. The molecule has 1 aliphatic heterocycles. The van der Waals surface area contributed by atoms with Gasteiger partial charge in [0.2, 0.25) is 0 Å². The number of rotatable bonds is 3. The van der Waals surface area contributed by atoms with Gasteiger partial charge in [-0.05, 0) is 12.5 Å². The van der Waals surface area contributed by atoms with Crippen molar-refractivity contribution in [2.75, 3.05) is 0 Å². The molecule has 0 bridgehead atoms. The van der Waals surface area contributed by atoms with Crippen molar-refractivity contribution in [2.45, 2.75) is 25.5 Å². The van der Waals surface area contributed by atoms with Crippen molar-refractivity contribution < 1.29 is 14.3 Å². The number of primary amides is 1. The van der Waals surface area contributed by atoms with Gasteiger partial charge in [-0.1, -0.05) is 30.3 Å². The summed E-state index contributed by atoms with van der Waals surface area (Å²) in [5.74, 6) is -0.388. The highest BCUT2D eigenvalue weighted by Gasteiger charge is 2.32. The molecule has 100 valence electrons. The maximum Gasteiger partial charge on any atom is 0.405 e. The van der Waals surface area contributed by atoms with Crippen LogP contribution in [-0.4, -0.2) is 29.3 Å². The van der Waals surface area contributed by atoms with Crippen molar-refractivity contribution >= 4 is 18.2 Å². The van der Waals surface area contributed by atoms with E-state index in [0.717, 1.165) is 5.56 Å². The fourth-order valence-electron chi connectivity index (χ4n) is 1.99. The van der Waals surface area contributed by atoms with Crippen LogP contribution in [0.25, 0.3) is 0 Å². The Morgan fingerprint density at radius 3 is 2.74 bits per heavy atom. The number of benzene rings is 1. The van der Waals surface area contributed by atoms with Crippen molar-refractivity contribution in [3.05, 3.63) is 35.9 Å². The van der Waals surface area contributed by atoms with Crippen LogP contribution in [-0.2, 0) is 9.53 Å². The van der Waals surface area contributed by atoms with Crippen molar-refractivity contribution in [3.8, 4) is 0 Å². The number of carbonyl (C=O) groups is 2. The topological polar surface area (TPSA) is 85.0 Å². The summed E-state index contributed by atoms with van der Waals surface area (Å²) in [5, 5.41) is 5.38. The second-order valence-corrected chi connectivity index (χ2v) is 4.22. The summed E-state index contributed by atoms with van der Waals surface area (Å²) in [6, 6.07) is 9.41. The normalized spacial score (nSPS) is 19.2. The molecule has 6 heteroatoms. The lowest BCUT2D eigenvalue weighted by molar-refractivity contribution is -0.141. The molecule has 19 heavy (non-hydrogen) atoms. The Morgan fingerprint density at radius 2 is 2.11 bits per heavy atom. The molecule has 1 aromatic carbocycles. The van der Waals surface area contributed by atoms with Crippen LogP contribution in [0.1, 0.15) is 24.9 Å². The second kappa shape index (κ2) is 5.51. The van der Waals surface area contributed by atoms with Crippen LogP contribution in [0.2, 0.25) is 0 Å². The zero-order valence-corrected chi connectivity index (χ0v) is 10.5. The molecule has 2 unspecified atom stereocenters. The van der Waals surface area contributed by atoms with Crippen molar-refractivity contribution in [2.24, 2.45) is 10.8 Å². The third-order valence-electron chi connectivity index (χ3n) is 2.88. The zero-order chi connectivity index (χ0) is 13.8. The molecule has 2 N–H and O–H groups in total. The number of nitrogens with two attached hydrogens (primary N) is 1. The standard InChI is InChI=1S/C13H15N3O3/c1-9(19-13(14)18)12(17)16-11(7-8-15-16)10-5-3-2-4-6-10/h2-6,8-9,11H,7H2,1H3,(H2,14,18). The number of nitrogens with zero attached hydrogens (tertiary/aromatic N) is 2. The predicted octanol–water partition coefficient (Wildman–Crippen LogP) is 1.43. The van der Waals surface area contributed by atoms with Crippen LogP contribution in [0.15, 0.2) is 35.4 Å². The van der Waals surface area contributed by atoms with Gasteiger partial charge < -0.3 is 10.5 Å². The third kappa shape index (κ3) is 2.90. The summed E-state index contributed by atoms with van der Waals surface area (Å²) in [5.41, 5.74) is 5.89. The molecule has 2 amide bonds. The van der Waals surface area contributed by atoms with Crippen LogP contribution >= 0.6 is 0 Å². The van der Waals surface area contributed by atoms with E-state index >= 15 is 0 Å². The SMILES string of the molecule is CC(OC(N)=O)C(=O)N1N=CCC1c1ccccc1. The van der Waals surface area contributed by atoms with E-state index in [0.29, 0.717) is 6.42 Å². The quantitative estimate of drug-likeness (QED) is 0.893. The third-order valence-corrected chi connectivity index (χ3v) is 2.88. The number of hydrazone groups is 1. The van der Waals surface area contributed by atoms with E-state index in [1.165, 1.54) is 11.9 Å². The highest BCUT2D eigenvalue weighted by Crippen LogP contribution is 2.28. The van der Waals surface area contributed by atoms with Gasteiger partial charge in [0.15, 0.2) is 6.10 Å². The van der Waals surface area contributed by atoms with Crippen LogP contribution in [0.5, 0.6) is 0 Å². The van der Waals surface area contributed by atoms with Crippen LogP contribution in [0, 0.1) is 0 Å². The van der Waals surface area contributed by atoms with E-state index in [4.69, 9.17) is 5.73 Å². The van der Waals surface area contributed by atoms with Crippen molar-refractivity contribution in [1.82, 2.24) is 5.01 Å². The van der Waals surface area contributed by atoms with Gasteiger partial charge in [-0.3, -0.25) is 4.79 Å². The van der Waals surface area contributed by atoms with Crippen molar-refractivity contribution in [3.63, 3.8) is 0 Å². The molecule has 6 nitrogen and oxygen atoms in total. The summed E-state index contributed by atoms with van der Waals surface area (Å²) in [4.78, 5) is 22.8. The molecule has 2 atom stereocenters. The molecular weight excluding hydrogens is 246 g/mol. The highest BCUT2D eigenvalue weighted by molar-refractivity contribution is 5.85. The Labute approximate surface area is 110 Å². The minimum atomic E-state index is -0.972. The van der Waals surface area contributed by atoms with E-state index in [2.05, 4.69) is 9.84 Å². The van der Waals surface area contributed by atoms with Gasteiger partial charge >= 0.3 is 6.09 Å². The summed E-state index contributed by atoms with van der Waals surface area (Å²) in [6.07, 6.45) is 0.394. The molecule has 1 aliphatic rings. The van der Waals surface area contributed by atoms with E-state index < -0.39 is 12.2 Å². The molecular formula is C13H15N3O3. The Kier molecular flexibility index (Phi) is 3.79. The summed E-state index contributed by atoms with van der Waals surface area (Å²) < 4.78 is 4.68. The lowest BCUT2D eigenvalue weighted by Gasteiger charge is -2.24. The summed E-state index contributed by atoms with van der Waals surface area (Å²) in [7, 11) is 0. The van der Waals surface area contributed by atoms with Crippen LogP contribution in [0.4, 0.5) is 4.79 Å². The Hall–Kier alpha value is -2.37. The molecule has 0 aliphatic carbocycles. The summed E-state index contributed by atoms with van der Waals surface area (Å²) >= 11 is 0. The predicted molar refractivity (Wildman–Crippen MR) is 69.3 cm³/mol. The number of ether oxygens (including phenoxy) is 1. The maximum absolute atomic E-state index is 12.1. The molecule has 0 radical (unpaired) electrons. The molecule has 1 aromatic rings. The lowest BCUT2D eigenvalue weighted by Crippen LogP contribution is -2.38. The van der Waals surface area contributed by atoms with Crippen LogP contribution < -0.4 is 5.73 Å². The first-order valence-corrected chi connectivity index (χ1v) is 5.96. The first kappa shape index (κ1) is 13.1. The fraction of sp³-hybridized carbons (Fsp3) is 0.308. The van der Waals surface area contributed by atoms with E-state index in [-0.39, 0.29) is 11.9 Å². The maximum atomic E-state index is 12.1. The monoisotopic (exact) mass is 261 g/mol. The molecule has 1 heterocycles. The van der Waals surface area contributed by atoms with Gasteiger partial charge in [0.25, 0.3) is 5.91 Å². The average molecular weight is 261 g/mol. The highest BCUT2D eigenvalue weighted by atomic mass is 16.6. The average Bonchev–Trinajstić information content (AvgIpc) is 2.87. The van der Waals surface area contributed by atoms with E-state index in [1.54, 1.807) is 6.21 Å². The van der Waals surface area contributed by atoms with Gasteiger partial charge in [-0.2, -0.15) is 5.10 Å². The largest absolute Gasteiger partial charge is 0.436 e. The van der Waals surface area contributed by atoms with Gasteiger partial charge in [-0.25, -0.2) is 9.80 Å². The minimum absolute atomic E-state index is 0.160. The number of carbonyl (C=O) groups excluding carboxylic acids is 2. The Morgan fingerprint density at radius 1 is 1.42 bits per heavy atom. The number of amides is 2. The van der Waals surface area contributed by atoms with Gasteiger partial charge in [-0.15, -0.1) is 0 Å². The van der Waals surface area contributed by atoms with Gasteiger partial charge in [0, 0.05) is 12.6 Å². The van der Waals surface area contributed by atoms with Gasteiger partial charge in [0.1, 0.15) is 0 Å². The molecule has 0 saturated heterocycles. The lowest BCUT2D eigenvalue weighted by atomic mass is 10.0. The van der Waals surface area contributed by atoms with Crippen molar-refractivity contribution in [1.29, 1.82) is 0 Å². The molecule has 0 aromatic heterocycles. The molecule has 0 fully saturated rings. The summed E-state index contributed by atoms with van der Waals surface area (Å²) in [6.45, 7) is 1.48. The second-order valence-electron chi connectivity index (χ2n) is 4.22. The number of hydrogen-bond acceptors (Lipinski definition) is 4. The smallest absolute Gasteiger partial charge is 0.405 e. The molecule has 0 spiro atoms. The van der Waals surface area contributed by atoms with E-state index in [9.17, 15) is 9.59 Å². The first-order valence-electron chi connectivity index (χ1n) is 5.96. The molecule has 2 rings (SSSR count). The van der Waals surface area contributed by atoms with E-state index in [1.807, 2.05) is 30.3 Å². The zero-order valence-electron chi connectivity index (χ0n) is 10.5. The number of hydrogen-bond donors (Lipinski definition) is 1. The minimum Gasteiger partial charge on any atom is -0.436 e. The van der Waals surface area contributed by atoms with Gasteiger partial charge in [0.05, 0.1) is 6.04 Å². The Balaban J connectivity index is 2.12. The van der Waals surface area contributed by atoms with Crippen LogP contribution in [0.3, 0.4) is 0 Å². The molecule has 0 saturated carbocycles. The first-order chi connectivity index (χ1) is 9.09. The fourth-order valence-corrected chi connectivity index (χ4v) is 1.99.